The average molecular weight is 295 g/mol. The van der Waals surface area contributed by atoms with E-state index in [1.54, 1.807) is 12.4 Å². The van der Waals surface area contributed by atoms with Gasteiger partial charge in [0.05, 0.1) is 0 Å². The van der Waals surface area contributed by atoms with Crippen LogP contribution in [0.1, 0.15) is 28.2 Å². The van der Waals surface area contributed by atoms with Crippen molar-refractivity contribution < 1.29 is 4.79 Å². The topological polar surface area (TPSA) is 59.0 Å². The number of carbonyl (C=O) groups is 1. The number of halogens is 1. The van der Waals surface area contributed by atoms with Crippen LogP contribution in [0, 0.1) is 0 Å². The SMILES string of the molecule is O=C(c1nnc(Cl)s1)N(Cc1ccncc1)C1CC1. The molecule has 5 nitrogen and oxygen atoms in total. The van der Waals surface area contributed by atoms with E-state index in [1.165, 1.54) is 0 Å². The van der Waals surface area contributed by atoms with Crippen LogP contribution in [0.25, 0.3) is 0 Å². The maximum absolute atomic E-state index is 12.4. The lowest BCUT2D eigenvalue weighted by Crippen LogP contribution is -2.32. The van der Waals surface area contributed by atoms with E-state index in [4.69, 9.17) is 11.6 Å². The second-order valence-corrected chi connectivity index (χ2v) is 5.94. The lowest BCUT2D eigenvalue weighted by molar-refractivity contribution is 0.0728. The summed E-state index contributed by atoms with van der Waals surface area (Å²) in [6, 6.07) is 4.13. The van der Waals surface area contributed by atoms with Crippen LogP contribution >= 0.6 is 22.9 Å². The summed E-state index contributed by atoms with van der Waals surface area (Å²) < 4.78 is 0.294. The summed E-state index contributed by atoms with van der Waals surface area (Å²) in [7, 11) is 0. The number of carbonyl (C=O) groups excluding carboxylic acids is 1. The largest absolute Gasteiger partial charge is 0.329 e. The van der Waals surface area contributed by atoms with Gasteiger partial charge in [-0.2, -0.15) is 0 Å². The van der Waals surface area contributed by atoms with E-state index in [2.05, 4.69) is 15.2 Å². The molecule has 2 aromatic rings. The van der Waals surface area contributed by atoms with E-state index in [-0.39, 0.29) is 5.91 Å². The molecule has 0 bridgehead atoms. The lowest BCUT2D eigenvalue weighted by Gasteiger charge is -2.20. The third-order valence-electron chi connectivity index (χ3n) is 2.93. The van der Waals surface area contributed by atoms with Gasteiger partial charge in [-0.05, 0) is 42.1 Å². The van der Waals surface area contributed by atoms with Gasteiger partial charge >= 0.3 is 0 Å². The van der Waals surface area contributed by atoms with Crippen molar-refractivity contribution >= 4 is 28.8 Å². The van der Waals surface area contributed by atoms with Gasteiger partial charge in [0.2, 0.25) is 9.47 Å². The molecule has 2 heterocycles. The number of hydrogen-bond donors (Lipinski definition) is 0. The molecule has 0 aromatic carbocycles. The third kappa shape index (κ3) is 2.90. The molecule has 1 aliphatic carbocycles. The normalized spacial score (nSPS) is 14.4. The van der Waals surface area contributed by atoms with Crippen LogP contribution in [0.4, 0.5) is 0 Å². The zero-order chi connectivity index (χ0) is 13.2. The molecule has 0 spiro atoms. The average Bonchev–Trinajstić information content (AvgIpc) is 3.18. The van der Waals surface area contributed by atoms with E-state index >= 15 is 0 Å². The monoisotopic (exact) mass is 294 g/mol. The van der Waals surface area contributed by atoms with Crippen molar-refractivity contribution in [3.8, 4) is 0 Å². The quantitative estimate of drug-likeness (QED) is 0.869. The van der Waals surface area contributed by atoms with Crippen molar-refractivity contribution in [2.75, 3.05) is 0 Å². The Morgan fingerprint density at radius 1 is 1.37 bits per heavy atom. The predicted molar refractivity (Wildman–Crippen MR) is 72.1 cm³/mol. The van der Waals surface area contributed by atoms with Crippen molar-refractivity contribution in [2.24, 2.45) is 0 Å². The highest BCUT2D eigenvalue weighted by molar-refractivity contribution is 7.17. The highest BCUT2D eigenvalue weighted by atomic mass is 35.5. The first-order valence-corrected chi connectivity index (χ1v) is 7.12. The first-order chi connectivity index (χ1) is 9.24. The molecule has 0 aliphatic heterocycles. The van der Waals surface area contributed by atoms with Crippen molar-refractivity contribution in [3.63, 3.8) is 0 Å². The Morgan fingerprint density at radius 3 is 2.68 bits per heavy atom. The number of pyridine rings is 1. The minimum Gasteiger partial charge on any atom is -0.329 e. The smallest absolute Gasteiger partial charge is 0.285 e. The highest BCUT2D eigenvalue weighted by Crippen LogP contribution is 2.30. The van der Waals surface area contributed by atoms with Crippen LogP contribution in [0.3, 0.4) is 0 Å². The fourth-order valence-corrected chi connectivity index (χ4v) is 2.64. The van der Waals surface area contributed by atoms with Crippen molar-refractivity contribution in [2.45, 2.75) is 25.4 Å². The molecule has 1 amide bonds. The van der Waals surface area contributed by atoms with E-state index in [0.29, 0.717) is 22.1 Å². The molecule has 7 heteroatoms. The fourth-order valence-electron chi connectivity index (χ4n) is 1.85. The summed E-state index contributed by atoms with van der Waals surface area (Å²) >= 11 is 6.85. The highest BCUT2D eigenvalue weighted by Gasteiger charge is 2.34. The van der Waals surface area contributed by atoms with E-state index in [1.807, 2.05) is 17.0 Å². The predicted octanol–water partition coefficient (Wildman–Crippen LogP) is 2.39. The number of hydrogen-bond acceptors (Lipinski definition) is 5. The molecule has 2 aromatic heterocycles. The number of rotatable bonds is 4. The molecule has 0 radical (unpaired) electrons. The third-order valence-corrected chi connectivity index (χ3v) is 3.94. The Bertz CT molecular complexity index is 584. The van der Waals surface area contributed by atoms with Gasteiger partial charge in [0, 0.05) is 25.0 Å². The van der Waals surface area contributed by atoms with Gasteiger partial charge in [-0.3, -0.25) is 9.78 Å². The zero-order valence-electron chi connectivity index (χ0n) is 9.99. The minimum absolute atomic E-state index is 0.0938. The van der Waals surface area contributed by atoms with Gasteiger partial charge in [0.15, 0.2) is 0 Å². The van der Waals surface area contributed by atoms with Crippen molar-refractivity contribution in [1.82, 2.24) is 20.1 Å². The molecule has 19 heavy (non-hydrogen) atoms. The maximum atomic E-state index is 12.4. The zero-order valence-corrected chi connectivity index (χ0v) is 11.6. The molecular formula is C12H11ClN4OS. The molecule has 3 rings (SSSR count). The molecule has 0 unspecified atom stereocenters. The van der Waals surface area contributed by atoms with E-state index in [9.17, 15) is 4.79 Å². The number of aromatic nitrogens is 3. The molecule has 0 N–H and O–H groups in total. The van der Waals surface area contributed by atoms with Crippen LogP contribution < -0.4 is 0 Å². The fraction of sp³-hybridized carbons (Fsp3) is 0.333. The molecular weight excluding hydrogens is 284 g/mol. The van der Waals surface area contributed by atoms with E-state index in [0.717, 1.165) is 29.7 Å². The Labute approximate surface area is 119 Å². The molecule has 1 fully saturated rings. The van der Waals surface area contributed by atoms with Crippen LogP contribution in [0.2, 0.25) is 4.47 Å². The summed E-state index contributed by atoms with van der Waals surface area (Å²) in [5.41, 5.74) is 1.06. The minimum atomic E-state index is -0.0938. The Kier molecular flexibility index (Phi) is 3.44. The van der Waals surface area contributed by atoms with Gasteiger partial charge < -0.3 is 4.90 Å². The first-order valence-electron chi connectivity index (χ1n) is 5.93. The Balaban J connectivity index is 1.79. The Hall–Kier alpha value is -1.53. The molecule has 1 aliphatic rings. The van der Waals surface area contributed by atoms with Gasteiger partial charge in [0.25, 0.3) is 5.91 Å². The van der Waals surface area contributed by atoms with E-state index < -0.39 is 0 Å². The van der Waals surface area contributed by atoms with Crippen LogP contribution in [0.15, 0.2) is 24.5 Å². The summed E-state index contributed by atoms with van der Waals surface area (Å²) in [6.45, 7) is 0.573. The summed E-state index contributed by atoms with van der Waals surface area (Å²) in [6.07, 6.45) is 5.55. The summed E-state index contributed by atoms with van der Waals surface area (Å²) in [5.74, 6) is -0.0938. The molecule has 0 saturated heterocycles. The summed E-state index contributed by atoms with van der Waals surface area (Å²) in [5, 5.41) is 7.86. The lowest BCUT2D eigenvalue weighted by atomic mass is 10.2. The van der Waals surface area contributed by atoms with Gasteiger partial charge in [-0.15, -0.1) is 10.2 Å². The first kappa shape index (κ1) is 12.5. The summed E-state index contributed by atoms with van der Waals surface area (Å²) in [4.78, 5) is 18.2. The number of nitrogens with zero attached hydrogens (tertiary/aromatic N) is 4. The Morgan fingerprint density at radius 2 is 2.11 bits per heavy atom. The van der Waals surface area contributed by atoms with Crippen LogP contribution in [-0.2, 0) is 6.54 Å². The van der Waals surface area contributed by atoms with Gasteiger partial charge in [-0.25, -0.2) is 0 Å². The van der Waals surface area contributed by atoms with Crippen molar-refractivity contribution in [3.05, 3.63) is 39.6 Å². The van der Waals surface area contributed by atoms with Crippen LogP contribution in [-0.4, -0.2) is 32.0 Å². The second kappa shape index (κ2) is 5.22. The van der Waals surface area contributed by atoms with Gasteiger partial charge in [-0.1, -0.05) is 11.3 Å². The molecule has 0 atom stereocenters. The second-order valence-electron chi connectivity index (χ2n) is 4.38. The molecule has 1 saturated carbocycles. The maximum Gasteiger partial charge on any atom is 0.285 e. The number of amides is 1. The standard InChI is InChI=1S/C12H11ClN4OS/c13-12-16-15-10(19-12)11(18)17(9-1-2-9)7-8-3-5-14-6-4-8/h3-6,9H,1-2,7H2. The van der Waals surface area contributed by atoms with Crippen molar-refractivity contribution in [1.29, 1.82) is 0 Å². The van der Waals surface area contributed by atoms with Gasteiger partial charge in [0.1, 0.15) is 0 Å². The van der Waals surface area contributed by atoms with Crippen LogP contribution in [0.5, 0.6) is 0 Å². The molecule has 98 valence electrons.